The first-order chi connectivity index (χ1) is 14.3. The van der Waals surface area contributed by atoms with Crippen molar-refractivity contribution < 1.29 is 32.0 Å². The molecule has 0 aliphatic carbocycles. The Hall–Kier alpha value is -2.88. The zero-order valence-electron chi connectivity index (χ0n) is 16.6. The summed E-state index contributed by atoms with van der Waals surface area (Å²) in [5, 5.41) is 12.4. The van der Waals surface area contributed by atoms with Gasteiger partial charge in [0.1, 0.15) is 12.4 Å². The van der Waals surface area contributed by atoms with Crippen molar-refractivity contribution in [3.8, 4) is 5.75 Å². The lowest BCUT2D eigenvalue weighted by atomic mass is 9.98. The average Bonchev–Trinajstić information content (AvgIpc) is 2.77. The predicted octanol–water partition coefficient (Wildman–Crippen LogP) is 2.63. The van der Waals surface area contributed by atoms with Crippen LogP contribution in [0.5, 0.6) is 5.75 Å². The van der Waals surface area contributed by atoms with Gasteiger partial charge in [0.2, 0.25) is 0 Å². The summed E-state index contributed by atoms with van der Waals surface area (Å²) in [6.45, 7) is 2.52. The summed E-state index contributed by atoms with van der Waals surface area (Å²) in [6, 6.07) is 14.7. The number of benzene rings is 2. The first-order valence-electron chi connectivity index (χ1n) is 9.08. The smallest absolute Gasteiger partial charge is 0.408 e. The van der Waals surface area contributed by atoms with Crippen LogP contribution >= 0.6 is 0 Å². The minimum absolute atomic E-state index is 0.0211. The first-order valence-corrected chi connectivity index (χ1v) is 10.5. The molecule has 0 radical (unpaired) electrons. The van der Waals surface area contributed by atoms with E-state index in [1.165, 1.54) is 37.5 Å². The van der Waals surface area contributed by atoms with Crippen molar-refractivity contribution in [2.75, 3.05) is 20.3 Å². The molecule has 0 heterocycles. The van der Waals surface area contributed by atoms with E-state index in [1.54, 1.807) is 12.1 Å². The Kier molecular flexibility index (Phi) is 8.40. The van der Waals surface area contributed by atoms with Crippen LogP contribution in [0.2, 0.25) is 0 Å². The quantitative estimate of drug-likeness (QED) is 0.412. The Balaban J connectivity index is 2.05. The molecular weight excluding hydrogens is 410 g/mol. The van der Waals surface area contributed by atoms with Crippen molar-refractivity contribution in [3.63, 3.8) is 0 Å². The highest BCUT2D eigenvalue weighted by Gasteiger charge is 2.34. The predicted molar refractivity (Wildman–Crippen MR) is 111 cm³/mol. The van der Waals surface area contributed by atoms with Gasteiger partial charge in [-0.2, -0.15) is 8.42 Å². The number of hydrogen-bond acceptors (Lipinski definition) is 7. The fraction of sp³-hybridized carbons (Fsp3) is 0.286. The number of methoxy groups -OCH3 is 1. The van der Waals surface area contributed by atoms with E-state index in [2.05, 4.69) is 11.9 Å². The van der Waals surface area contributed by atoms with E-state index in [4.69, 9.17) is 13.7 Å². The van der Waals surface area contributed by atoms with Gasteiger partial charge in [-0.05, 0) is 36.2 Å². The van der Waals surface area contributed by atoms with Crippen LogP contribution in [0, 0.1) is 0 Å². The molecule has 8 nitrogen and oxygen atoms in total. The number of amides is 1. The second-order valence-corrected chi connectivity index (χ2v) is 8.13. The summed E-state index contributed by atoms with van der Waals surface area (Å²) in [4.78, 5) is 12.2. The summed E-state index contributed by atoms with van der Waals surface area (Å²) in [7, 11) is -2.67. The molecule has 0 aliphatic heterocycles. The van der Waals surface area contributed by atoms with Crippen molar-refractivity contribution in [1.82, 2.24) is 5.32 Å². The number of carbonyl (C=O) groups is 1. The molecular formula is C21H25NO7S. The molecule has 0 unspecified atom stereocenters. The number of ether oxygens (including phenoxy) is 2. The summed E-state index contributed by atoms with van der Waals surface area (Å²) >= 11 is 0. The van der Waals surface area contributed by atoms with Crippen molar-refractivity contribution in [2.24, 2.45) is 0 Å². The van der Waals surface area contributed by atoms with Crippen LogP contribution < -0.4 is 10.1 Å². The molecule has 1 atom stereocenters. The third-order valence-corrected chi connectivity index (χ3v) is 5.53. The summed E-state index contributed by atoms with van der Waals surface area (Å²) in [5.41, 5.74) is -0.640. The van der Waals surface area contributed by atoms with Gasteiger partial charge in [-0.1, -0.05) is 36.4 Å². The molecule has 0 aromatic heterocycles. The largest absolute Gasteiger partial charge is 0.497 e. The number of rotatable bonds is 11. The lowest BCUT2D eigenvalue weighted by Gasteiger charge is -2.31. The minimum atomic E-state index is -4.13. The minimum Gasteiger partial charge on any atom is -0.497 e. The number of alkyl carbamates (subject to hydrolysis) is 1. The van der Waals surface area contributed by atoms with E-state index in [9.17, 15) is 18.3 Å². The summed E-state index contributed by atoms with van der Waals surface area (Å²) in [5.74, 6) is 0.494. The topological polar surface area (TPSA) is 111 Å². The van der Waals surface area contributed by atoms with Crippen molar-refractivity contribution in [1.29, 1.82) is 0 Å². The van der Waals surface area contributed by atoms with E-state index in [-0.39, 0.29) is 17.9 Å². The molecule has 0 saturated carbocycles. The molecule has 1 amide bonds. The van der Waals surface area contributed by atoms with E-state index in [0.29, 0.717) is 5.75 Å². The monoisotopic (exact) mass is 435 g/mol. The van der Waals surface area contributed by atoms with Crippen LogP contribution in [0.25, 0.3) is 0 Å². The molecule has 9 heteroatoms. The molecule has 0 spiro atoms. The highest BCUT2D eigenvalue weighted by Crippen LogP contribution is 2.20. The molecule has 2 aromatic carbocycles. The van der Waals surface area contributed by atoms with Gasteiger partial charge in [-0.25, -0.2) is 4.79 Å². The van der Waals surface area contributed by atoms with E-state index < -0.39 is 35.0 Å². The Morgan fingerprint density at radius 1 is 1.17 bits per heavy atom. The highest BCUT2D eigenvalue weighted by molar-refractivity contribution is 7.86. The van der Waals surface area contributed by atoms with Gasteiger partial charge in [-0.15, -0.1) is 6.58 Å². The lowest BCUT2D eigenvalue weighted by Crippen LogP contribution is -2.55. The molecule has 0 bridgehead atoms. The van der Waals surface area contributed by atoms with Gasteiger partial charge < -0.3 is 19.9 Å². The normalized spacial score (nSPS) is 13.1. The Morgan fingerprint density at radius 2 is 1.83 bits per heavy atom. The van der Waals surface area contributed by atoms with Crippen LogP contribution in [0.15, 0.2) is 72.1 Å². The maximum absolute atomic E-state index is 12.5. The van der Waals surface area contributed by atoms with Gasteiger partial charge in [0.05, 0.1) is 30.8 Å². The molecule has 30 heavy (non-hydrogen) atoms. The molecule has 2 rings (SSSR count). The lowest BCUT2D eigenvalue weighted by molar-refractivity contribution is 0.0822. The maximum atomic E-state index is 12.5. The zero-order chi connectivity index (χ0) is 22.0. The number of carbonyl (C=O) groups excluding carboxylic acids is 1. The Bertz CT molecular complexity index is 930. The molecule has 0 aliphatic rings. The van der Waals surface area contributed by atoms with Gasteiger partial charge >= 0.3 is 6.09 Å². The van der Waals surface area contributed by atoms with Crippen LogP contribution in [-0.2, 0) is 25.6 Å². The average molecular weight is 435 g/mol. The number of nitrogens with one attached hydrogen (secondary N) is 1. The Labute approximate surface area is 176 Å². The summed E-state index contributed by atoms with van der Waals surface area (Å²) < 4.78 is 40.2. The highest BCUT2D eigenvalue weighted by atomic mass is 32.2. The molecule has 0 fully saturated rings. The molecule has 162 valence electrons. The van der Waals surface area contributed by atoms with Gasteiger partial charge in [0.15, 0.2) is 0 Å². The number of aliphatic hydroxyl groups excluding tert-OH is 1. The fourth-order valence-electron chi connectivity index (χ4n) is 2.55. The van der Waals surface area contributed by atoms with Crippen molar-refractivity contribution in [2.45, 2.75) is 23.5 Å². The van der Waals surface area contributed by atoms with Crippen LogP contribution in [0.1, 0.15) is 12.0 Å². The van der Waals surface area contributed by atoms with E-state index in [0.717, 1.165) is 5.56 Å². The zero-order valence-corrected chi connectivity index (χ0v) is 17.4. The second kappa shape index (κ2) is 10.8. The third-order valence-electron chi connectivity index (χ3n) is 4.26. The van der Waals surface area contributed by atoms with Gasteiger partial charge in [-0.3, -0.25) is 4.18 Å². The first kappa shape index (κ1) is 23.4. The molecule has 2 aromatic rings. The molecule has 2 N–H and O–H groups in total. The fourth-order valence-corrected chi connectivity index (χ4v) is 3.53. The maximum Gasteiger partial charge on any atom is 0.408 e. The standard InChI is InChI=1S/C21H25NO7S/c1-3-13-21(15-23,22-20(24)28-14-17-7-5-4-6-8-17)16-29-30(25,26)19-11-9-18(27-2)10-12-19/h3-12,23H,1,13-16H2,2H3,(H,22,24)/t21-/m1/s1. The second-order valence-electron chi connectivity index (χ2n) is 6.51. The molecule has 0 saturated heterocycles. The van der Waals surface area contributed by atoms with E-state index >= 15 is 0 Å². The SMILES string of the molecule is C=CC[C@@](CO)(COS(=O)(=O)c1ccc(OC)cc1)NC(=O)OCc1ccccc1. The third kappa shape index (κ3) is 6.58. The Morgan fingerprint density at radius 3 is 2.40 bits per heavy atom. The van der Waals surface area contributed by atoms with Gasteiger partial charge in [0.25, 0.3) is 10.1 Å². The van der Waals surface area contributed by atoms with Crippen molar-refractivity contribution >= 4 is 16.2 Å². The summed E-state index contributed by atoms with van der Waals surface area (Å²) in [6.07, 6.45) is 0.680. The number of aliphatic hydroxyl groups is 1. The van der Waals surface area contributed by atoms with Gasteiger partial charge in [0, 0.05) is 0 Å². The van der Waals surface area contributed by atoms with Crippen LogP contribution in [0.4, 0.5) is 4.79 Å². The number of hydrogen-bond donors (Lipinski definition) is 2. The van der Waals surface area contributed by atoms with E-state index in [1.807, 2.05) is 18.2 Å². The van der Waals surface area contributed by atoms with Crippen LogP contribution in [-0.4, -0.2) is 45.5 Å². The van der Waals surface area contributed by atoms with Crippen molar-refractivity contribution in [3.05, 3.63) is 72.8 Å². The van der Waals surface area contributed by atoms with Crippen LogP contribution in [0.3, 0.4) is 0 Å².